The van der Waals surface area contributed by atoms with Crippen LogP contribution in [0.1, 0.15) is 5.56 Å². The lowest BCUT2D eigenvalue weighted by atomic mass is 10.2. The highest BCUT2D eigenvalue weighted by Gasteiger charge is 2.21. The number of nitrogens with one attached hydrogen (secondary N) is 1. The van der Waals surface area contributed by atoms with Gasteiger partial charge in [-0.1, -0.05) is 23.7 Å². The van der Waals surface area contributed by atoms with Crippen LogP contribution in [0.25, 0.3) is 0 Å². The van der Waals surface area contributed by atoms with Crippen molar-refractivity contribution in [1.29, 1.82) is 0 Å². The number of anilines is 1. The van der Waals surface area contributed by atoms with Crippen LogP contribution >= 0.6 is 11.6 Å². The molecule has 0 amide bonds. The Hall–Kier alpha value is -2.71. The summed E-state index contributed by atoms with van der Waals surface area (Å²) in [6.07, 6.45) is 1.69. The highest BCUT2D eigenvalue weighted by molar-refractivity contribution is 7.92. The van der Waals surface area contributed by atoms with Gasteiger partial charge in [-0.15, -0.1) is 0 Å². The summed E-state index contributed by atoms with van der Waals surface area (Å²) in [6, 6.07) is 13.4. The van der Waals surface area contributed by atoms with E-state index in [-0.39, 0.29) is 16.5 Å². The second-order valence-corrected chi connectivity index (χ2v) is 7.73. The van der Waals surface area contributed by atoms with Crippen molar-refractivity contribution in [2.45, 2.75) is 11.4 Å². The van der Waals surface area contributed by atoms with Gasteiger partial charge in [0, 0.05) is 23.4 Å². The third-order valence-corrected chi connectivity index (χ3v) is 5.44. The van der Waals surface area contributed by atoms with Crippen molar-refractivity contribution in [3.63, 3.8) is 0 Å². The summed E-state index contributed by atoms with van der Waals surface area (Å²) in [6.45, 7) is 0.491. The van der Waals surface area contributed by atoms with Gasteiger partial charge in [-0.2, -0.15) is 5.10 Å². The van der Waals surface area contributed by atoms with Gasteiger partial charge in [0.2, 0.25) is 0 Å². The molecule has 0 aliphatic carbocycles. The van der Waals surface area contributed by atoms with E-state index in [0.717, 1.165) is 5.56 Å². The molecule has 0 unspecified atom stereocenters. The zero-order valence-electron chi connectivity index (χ0n) is 14.7. The van der Waals surface area contributed by atoms with E-state index in [4.69, 9.17) is 21.1 Å². The van der Waals surface area contributed by atoms with Gasteiger partial charge in [0.05, 0.1) is 20.8 Å². The van der Waals surface area contributed by atoms with Crippen LogP contribution in [0.15, 0.2) is 59.6 Å². The quantitative estimate of drug-likeness (QED) is 0.649. The third kappa shape index (κ3) is 4.53. The van der Waals surface area contributed by atoms with E-state index < -0.39 is 10.0 Å². The van der Waals surface area contributed by atoms with Crippen molar-refractivity contribution >= 4 is 27.4 Å². The molecule has 27 heavy (non-hydrogen) atoms. The largest absolute Gasteiger partial charge is 0.497 e. The van der Waals surface area contributed by atoms with Gasteiger partial charge in [0.25, 0.3) is 10.0 Å². The zero-order valence-corrected chi connectivity index (χ0v) is 16.3. The minimum Gasteiger partial charge on any atom is -0.497 e. The number of sulfonamides is 1. The average Bonchev–Trinajstić information content (AvgIpc) is 3.09. The van der Waals surface area contributed by atoms with Crippen LogP contribution in [0, 0.1) is 0 Å². The predicted molar refractivity (Wildman–Crippen MR) is 103 cm³/mol. The van der Waals surface area contributed by atoms with Gasteiger partial charge in [-0.25, -0.2) is 8.42 Å². The number of methoxy groups -OCH3 is 2. The van der Waals surface area contributed by atoms with E-state index in [9.17, 15) is 8.42 Å². The van der Waals surface area contributed by atoms with Crippen molar-refractivity contribution in [1.82, 2.24) is 9.78 Å². The third-order valence-electron chi connectivity index (χ3n) is 3.80. The molecule has 0 bridgehead atoms. The first kappa shape index (κ1) is 19.1. The fourth-order valence-corrected chi connectivity index (χ4v) is 3.75. The smallest absolute Gasteiger partial charge is 0.266 e. The number of ether oxygens (including phenoxy) is 2. The molecule has 9 heteroatoms. The number of hydrogen-bond donors (Lipinski definition) is 1. The van der Waals surface area contributed by atoms with E-state index in [0.29, 0.717) is 17.3 Å². The summed E-state index contributed by atoms with van der Waals surface area (Å²) in [5.41, 5.74) is 0.994. The normalized spacial score (nSPS) is 11.2. The molecule has 0 radical (unpaired) electrons. The summed E-state index contributed by atoms with van der Waals surface area (Å²) in [4.78, 5) is -0.00180. The molecule has 0 saturated carbocycles. The highest BCUT2D eigenvalue weighted by atomic mass is 35.5. The first-order chi connectivity index (χ1) is 12.9. The van der Waals surface area contributed by atoms with Gasteiger partial charge in [0.1, 0.15) is 16.4 Å². The molecule has 2 aromatic carbocycles. The van der Waals surface area contributed by atoms with Crippen LogP contribution in [0.4, 0.5) is 5.82 Å². The van der Waals surface area contributed by atoms with Gasteiger partial charge < -0.3 is 9.47 Å². The van der Waals surface area contributed by atoms with E-state index in [1.165, 1.54) is 26.4 Å². The molecule has 142 valence electrons. The van der Waals surface area contributed by atoms with Crippen LogP contribution in [0.3, 0.4) is 0 Å². The maximum atomic E-state index is 12.7. The molecule has 1 aromatic heterocycles. The van der Waals surface area contributed by atoms with Gasteiger partial charge in [-0.05, 0) is 29.8 Å². The number of hydrogen-bond acceptors (Lipinski definition) is 5. The van der Waals surface area contributed by atoms with Crippen LogP contribution in [-0.2, 0) is 16.6 Å². The Morgan fingerprint density at radius 3 is 2.48 bits per heavy atom. The lowest BCUT2D eigenvalue weighted by Crippen LogP contribution is -2.15. The number of benzene rings is 2. The highest BCUT2D eigenvalue weighted by Crippen LogP contribution is 2.29. The number of aromatic nitrogens is 2. The van der Waals surface area contributed by atoms with Gasteiger partial charge in [0.15, 0.2) is 5.82 Å². The molecule has 0 aliphatic heterocycles. The Morgan fingerprint density at radius 2 is 1.81 bits per heavy atom. The molecule has 0 aliphatic rings. The molecule has 3 aromatic rings. The van der Waals surface area contributed by atoms with Crippen LogP contribution in [0.5, 0.6) is 11.5 Å². The molecule has 0 fully saturated rings. The van der Waals surface area contributed by atoms with E-state index >= 15 is 0 Å². The number of rotatable bonds is 7. The molecule has 1 heterocycles. The van der Waals surface area contributed by atoms with E-state index in [1.807, 2.05) is 12.1 Å². The minimum atomic E-state index is -3.87. The minimum absolute atomic E-state index is 0.00180. The molecular formula is C18H18ClN3O4S. The van der Waals surface area contributed by atoms with Crippen LogP contribution < -0.4 is 14.2 Å². The summed E-state index contributed by atoms with van der Waals surface area (Å²) >= 11 is 5.88. The van der Waals surface area contributed by atoms with Crippen molar-refractivity contribution in [3.8, 4) is 11.5 Å². The Bertz CT molecular complexity index is 1030. The second kappa shape index (κ2) is 7.89. The van der Waals surface area contributed by atoms with E-state index in [2.05, 4.69) is 9.82 Å². The van der Waals surface area contributed by atoms with Crippen LogP contribution in [0.2, 0.25) is 5.02 Å². The molecular weight excluding hydrogens is 390 g/mol. The number of halogens is 1. The van der Waals surface area contributed by atoms with Gasteiger partial charge in [-0.3, -0.25) is 9.40 Å². The molecule has 0 spiro atoms. The monoisotopic (exact) mass is 407 g/mol. The molecule has 0 saturated heterocycles. The summed E-state index contributed by atoms with van der Waals surface area (Å²) in [7, 11) is -0.978. The van der Waals surface area contributed by atoms with Crippen molar-refractivity contribution in [3.05, 3.63) is 65.3 Å². The van der Waals surface area contributed by atoms with E-state index in [1.54, 1.807) is 35.1 Å². The molecule has 1 N–H and O–H groups in total. The lowest BCUT2D eigenvalue weighted by Gasteiger charge is -2.11. The number of nitrogens with zero attached hydrogens (tertiary/aromatic N) is 2. The average molecular weight is 408 g/mol. The maximum Gasteiger partial charge on any atom is 0.266 e. The van der Waals surface area contributed by atoms with Crippen molar-refractivity contribution < 1.29 is 17.9 Å². The Balaban J connectivity index is 1.78. The maximum absolute atomic E-state index is 12.7. The Labute approximate surface area is 162 Å². The standard InChI is InChI=1S/C18H18ClN3O4S/c1-25-15-7-8-17(16(11-15)26-2)27(23,24)21-18-9-10-22(20-18)12-13-3-5-14(19)6-4-13/h3-11H,12H2,1-2H3,(H,20,21). The molecule has 3 rings (SSSR count). The van der Waals surface area contributed by atoms with Crippen molar-refractivity contribution in [2.24, 2.45) is 0 Å². The lowest BCUT2D eigenvalue weighted by molar-refractivity contribution is 0.386. The van der Waals surface area contributed by atoms with Crippen molar-refractivity contribution in [2.75, 3.05) is 18.9 Å². The fourth-order valence-electron chi connectivity index (χ4n) is 2.47. The topological polar surface area (TPSA) is 82.5 Å². The molecule has 0 atom stereocenters. The summed E-state index contributed by atoms with van der Waals surface area (Å²) in [5.74, 6) is 0.891. The first-order valence-electron chi connectivity index (χ1n) is 7.94. The fraction of sp³-hybridized carbons (Fsp3) is 0.167. The SMILES string of the molecule is COc1ccc(S(=O)(=O)Nc2ccn(Cc3ccc(Cl)cc3)n2)c(OC)c1. The predicted octanol–water partition coefficient (Wildman–Crippen LogP) is 3.40. The zero-order chi connectivity index (χ0) is 19.4. The Kier molecular flexibility index (Phi) is 5.57. The summed E-state index contributed by atoms with van der Waals surface area (Å²) in [5, 5.41) is 4.91. The molecule has 7 nitrogen and oxygen atoms in total. The van der Waals surface area contributed by atoms with Gasteiger partial charge >= 0.3 is 0 Å². The summed E-state index contributed by atoms with van der Waals surface area (Å²) < 4.78 is 39.7. The first-order valence-corrected chi connectivity index (χ1v) is 9.80. The second-order valence-electron chi connectivity index (χ2n) is 5.65. The van der Waals surface area contributed by atoms with Crippen LogP contribution in [-0.4, -0.2) is 32.4 Å². The Morgan fingerprint density at radius 1 is 1.07 bits per heavy atom.